The molecule has 0 spiro atoms. The molecule has 0 radical (unpaired) electrons. The van der Waals surface area contributed by atoms with Crippen LogP contribution in [0.15, 0.2) is 229 Å². The van der Waals surface area contributed by atoms with Gasteiger partial charge in [0.25, 0.3) is 0 Å². The Morgan fingerprint density at radius 2 is 0.793 bits per heavy atom. The standard InChI is InChI=1S/C56H37NO/c1-2-14-38(15-3-1)44-17-6-7-18-45(44)40-28-33-42(34-29-40)57(54-26-10-8-20-50(54)52-24-13-25-53-51-21-9-11-27-55(51)58-56(52)53)43-35-30-41(31-36-43)47-22-12-23-48-46-19-5-4-16-39(46)32-37-49(47)48/h1-37H. The van der Waals surface area contributed by atoms with Crippen LogP contribution in [0.1, 0.15) is 0 Å². The highest BCUT2D eigenvalue weighted by Crippen LogP contribution is 2.45. The molecule has 0 aliphatic carbocycles. The average Bonchev–Trinajstić information content (AvgIpc) is 3.69. The van der Waals surface area contributed by atoms with Crippen molar-refractivity contribution in [1.82, 2.24) is 0 Å². The Morgan fingerprint density at radius 3 is 1.53 bits per heavy atom. The van der Waals surface area contributed by atoms with Gasteiger partial charge in [0.1, 0.15) is 11.2 Å². The second kappa shape index (κ2) is 14.1. The SMILES string of the molecule is c1ccc(-c2ccccc2-c2ccc(N(c3ccc(-c4cccc5c4ccc4ccccc45)cc3)c3ccccc3-c3cccc4c3oc3ccccc34)cc2)cc1. The largest absolute Gasteiger partial charge is 0.455 e. The van der Waals surface area contributed by atoms with Gasteiger partial charge in [-0.2, -0.15) is 0 Å². The van der Waals surface area contributed by atoms with Gasteiger partial charge in [-0.15, -0.1) is 0 Å². The lowest BCUT2D eigenvalue weighted by atomic mass is 9.94. The van der Waals surface area contributed by atoms with Crippen molar-refractivity contribution in [1.29, 1.82) is 0 Å². The van der Waals surface area contributed by atoms with Gasteiger partial charge in [-0.25, -0.2) is 0 Å². The quantitative estimate of drug-likeness (QED) is 0.151. The average molecular weight is 740 g/mol. The molecule has 0 atom stereocenters. The summed E-state index contributed by atoms with van der Waals surface area (Å²) >= 11 is 0. The molecule has 0 N–H and O–H groups in total. The molecule has 272 valence electrons. The van der Waals surface area contributed by atoms with Gasteiger partial charge < -0.3 is 9.32 Å². The van der Waals surface area contributed by atoms with Gasteiger partial charge in [0, 0.05) is 33.3 Å². The van der Waals surface area contributed by atoms with Crippen LogP contribution in [0.5, 0.6) is 0 Å². The number of nitrogens with zero attached hydrogens (tertiary/aromatic N) is 1. The van der Waals surface area contributed by atoms with Crippen molar-refractivity contribution < 1.29 is 4.42 Å². The highest BCUT2D eigenvalue weighted by molar-refractivity contribution is 6.13. The summed E-state index contributed by atoms with van der Waals surface area (Å²) in [6.45, 7) is 0. The normalized spacial score (nSPS) is 11.4. The van der Waals surface area contributed by atoms with Crippen LogP contribution in [0.3, 0.4) is 0 Å². The predicted molar refractivity (Wildman–Crippen MR) is 245 cm³/mol. The van der Waals surface area contributed by atoms with E-state index in [1.54, 1.807) is 0 Å². The summed E-state index contributed by atoms with van der Waals surface area (Å²) in [7, 11) is 0. The minimum Gasteiger partial charge on any atom is -0.455 e. The Kier molecular flexibility index (Phi) is 8.19. The lowest BCUT2D eigenvalue weighted by molar-refractivity contribution is 0.670. The zero-order valence-corrected chi connectivity index (χ0v) is 31.7. The van der Waals surface area contributed by atoms with Crippen LogP contribution in [0.2, 0.25) is 0 Å². The van der Waals surface area contributed by atoms with Gasteiger partial charge in [0.15, 0.2) is 0 Å². The van der Waals surface area contributed by atoms with Crippen molar-refractivity contribution >= 4 is 60.5 Å². The van der Waals surface area contributed by atoms with Crippen LogP contribution >= 0.6 is 0 Å². The van der Waals surface area contributed by atoms with Crippen LogP contribution in [0.4, 0.5) is 17.1 Å². The molecule has 0 saturated carbocycles. The highest BCUT2D eigenvalue weighted by Gasteiger charge is 2.21. The number of hydrogen-bond acceptors (Lipinski definition) is 2. The van der Waals surface area contributed by atoms with E-state index in [-0.39, 0.29) is 0 Å². The molecule has 10 aromatic carbocycles. The number of benzene rings is 10. The monoisotopic (exact) mass is 739 g/mol. The van der Waals surface area contributed by atoms with Crippen molar-refractivity contribution in [2.45, 2.75) is 0 Å². The Bertz CT molecular complexity index is 3270. The number of hydrogen-bond donors (Lipinski definition) is 0. The van der Waals surface area contributed by atoms with Gasteiger partial charge in [-0.05, 0) is 91.3 Å². The van der Waals surface area contributed by atoms with Crippen molar-refractivity contribution in [3.63, 3.8) is 0 Å². The molecule has 0 amide bonds. The van der Waals surface area contributed by atoms with Gasteiger partial charge in [-0.3, -0.25) is 0 Å². The molecule has 1 aromatic heterocycles. The fraction of sp³-hybridized carbons (Fsp3) is 0. The van der Waals surface area contributed by atoms with E-state index < -0.39 is 0 Å². The van der Waals surface area contributed by atoms with Crippen LogP contribution in [-0.4, -0.2) is 0 Å². The van der Waals surface area contributed by atoms with E-state index in [4.69, 9.17) is 4.42 Å². The minimum absolute atomic E-state index is 0.891. The third-order valence-corrected chi connectivity index (χ3v) is 11.5. The third kappa shape index (κ3) is 5.74. The van der Waals surface area contributed by atoms with Gasteiger partial charge in [0.05, 0.1) is 5.69 Å². The Balaban J connectivity index is 1.06. The van der Waals surface area contributed by atoms with Crippen LogP contribution in [0, 0.1) is 0 Å². The molecule has 2 heteroatoms. The van der Waals surface area contributed by atoms with E-state index in [2.05, 4.69) is 223 Å². The highest BCUT2D eigenvalue weighted by atomic mass is 16.3. The molecule has 58 heavy (non-hydrogen) atoms. The van der Waals surface area contributed by atoms with E-state index in [1.807, 2.05) is 6.07 Å². The molecule has 0 saturated heterocycles. The summed E-state index contributed by atoms with van der Waals surface area (Å²) < 4.78 is 6.60. The number of fused-ring (bicyclic) bond motifs is 6. The van der Waals surface area contributed by atoms with Crippen molar-refractivity contribution in [2.24, 2.45) is 0 Å². The van der Waals surface area contributed by atoms with Crippen molar-refractivity contribution in [3.05, 3.63) is 224 Å². The van der Waals surface area contributed by atoms with Crippen molar-refractivity contribution in [3.8, 4) is 44.5 Å². The second-order valence-corrected chi connectivity index (χ2v) is 14.8. The van der Waals surface area contributed by atoms with Gasteiger partial charge in [-0.1, -0.05) is 188 Å². The predicted octanol–water partition coefficient (Wildman–Crippen LogP) is 16.0. The summed E-state index contributed by atoms with van der Waals surface area (Å²) in [6, 6.07) is 80.6. The van der Waals surface area contributed by atoms with E-state index in [0.717, 1.165) is 50.1 Å². The van der Waals surface area contributed by atoms with Crippen LogP contribution in [-0.2, 0) is 0 Å². The zero-order valence-electron chi connectivity index (χ0n) is 31.7. The number of para-hydroxylation sites is 3. The number of rotatable bonds is 7. The number of furan rings is 1. The first-order chi connectivity index (χ1) is 28.8. The first kappa shape index (κ1) is 33.6. The Labute approximate surface area is 337 Å². The fourth-order valence-electron chi connectivity index (χ4n) is 8.76. The summed E-state index contributed by atoms with van der Waals surface area (Å²) in [6.07, 6.45) is 0. The minimum atomic E-state index is 0.891. The summed E-state index contributed by atoms with van der Waals surface area (Å²) in [4.78, 5) is 2.38. The Morgan fingerprint density at radius 1 is 0.276 bits per heavy atom. The lowest BCUT2D eigenvalue weighted by Gasteiger charge is -2.28. The first-order valence-corrected chi connectivity index (χ1v) is 19.8. The molecule has 11 aromatic rings. The van der Waals surface area contributed by atoms with E-state index in [9.17, 15) is 0 Å². The van der Waals surface area contributed by atoms with Crippen LogP contribution < -0.4 is 4.90 Å². The topological polar surface area (TPSA) is 16.4 Å². The van der Waals surface area contributed by atoms with E-state index >= 15 is 0 Å². The van der Waals surface area contributed by atoms with Crippen LogP contribution in [0.25, 0.3) is 88.0 Å². The van der Waals surface area contributed by atoms with E-state index in [1.165, 1.54) is 54.9 Å². The Hall–Kier alpha value is -7.68. The molecular formula is C56H37NO. The summed E-state index contributed by atoms with van der Waals surface area (Å²) in [5.41, 5.74) is 14.3. The number of anilines is 3. The second-order valence-electron chi connectivity index (χ2n) is 14.8. The maximum atomic E-state index is 6.60. The van der Waals surface area contributed by atoms with Gasteiger partial charge in [0.2, 0.25) is 0 Å². The summed E-state index contributed by atoms with van der Waals surface area (Å²) in [5, 5.41) is 7.28. The van der Waals surface area contributed by atoms with Crippen molar-refractivity contribution in [2.75, 3.05) is 4.90 Å². The van der Waals surface area contributed by atoms with Gasteiger partial charge >= 0.3 is 0 Å². The maximum Gasteiger partial charge on any atom is 0.143 e. The third-order valence-electron chi connectivity index (χ3n) is 11.5. The molecule has 0 aliphatic rings. The zero-order chi connectivity index (χ0) is 38.4. The molecule has 11 rings (SSSR count). The molecule has 2 nitrogen and oxygen atoms in total. The molecule has 0 fully saturated rings. The smallest absolute Gasteiger partial charge is 0.143 e. The molecule has 1 heterocycles. The van der Waals surface area contributed by atoms with E-state index in [0.29, 0.717) is 0 Å². The first-order valence-electron chi connectivity index (χ1n) is 19.8. The lowest BCUT2D eigenvalue weighted by Crippen LogP contribution is -2.11. The molecule has 0 aliphatic heterocycles. The molecule has 0 unspecified atom stereocenters. The maximum absolute atomic E-state index is 6.60. The molecule has 0 bridgehead atoms. The summed E-state index contributed by atoms with van der Waals surface area (Å²) in [5.74, 6) is 0. The molecular weight excluding hydrogens is 703 g/mol. The fourth-order valence-corrected chi connectivity index (χ4v) is 8.76.